The molecule has 0 saturated carbocycles. The molecule has 1 aromatic carbocycles. The van der Waals surface area contributed by atoms with Gasteiger partial charge in [-0.1, -0.05) is 32.9 Å². The Labute approximate surface area is 154 Å². The van der Waals surface area contributed by atoms with Crippen LogP contribution in [0.25, 0.3) is 0 Å². The Hall–Kier alpha value is -1.67. The van der Waals surface area contributed by atoms with Crippen LogP contribution in [0.4, 0.5) is 9.18 Å². The molecule has 6 nitrogen and oxygen atoms in total. The Balaban J connectivity index is 2.46. The molecule has 0 radical (unpaired) electrons. The number of hydrogen-bond donors (Lipinski definition) is 1. The number of carbonyl (C=O) groups is 1. The first-order chi connectivity index (χ1) is 11.8. The van der Waals surface area contributed by atoms with Gasteiger partial charge in [-0.3, -0.25) is 4.18 Å². The van der Waals surface area contributed by atoms with Crippen molar-refractivity contribution in [1.82, 2.24) is 4.90 Å². The molecule has 2 rings (SSSR count). The summed E-state index contributed by atoms with van der Waals surface area (Å²) in [6.07, 6.45) is 0.775. The molecule has 0 aliphatic carbocycles. The summed E-state index contributed by atoms with van der Waals surface area (Å²) in [5.74, 6) is -0.386. The zero-order chi connectivity index (χ0) is 19.8. The fraction of sp³-hybridized carbons (Fsp3) is 0.611. The molecule has 1 aromatic rings. The lowest BCUT2D eigenvalue weighted by Gasteiger charge is -2.50. The predicted molar refractivity (Wildman–Crippen MR) is 96.1 cm³/mol. The first kappa shape index (κ1) is 20.6. The van der Waals surface area contributed by atoms with Gasteiger partial charge in [0.15, 0.2) is 0 Å². The zero-order valence-electron chi connectivity index (χ0n) is 15.5. The highest BCUT2D eigenvalue weighted by molar-refractivity contribution is 7.85. The van der Waals surface area contributed by atoms with E-state index in [0.29, 0.717) is 12.8 Å². The molecule has 0 aromatic heterocycles. The maximum absolute atomic E-state index is 13.4. The molecule has 1 saturated heterocycles. The summed E-state index contributed by atoms with van der Waals surface area (Å²) in [7, 11) is -3.66. The van der Waals surface area contributed by atoms with Gasteiger partial charge in [0.25, 0.3) is 10.1 Å². The van der Waals surface area contributed by atoms with Crippen molar-refractivity contribution in [2.45, 2.75) is 45.1 Å². The first-order valence-corrected chi connectivity index (χ1v) is 10.3. The average molecular weight is 387 g/mol. The van der Waals surface area contributed by atoms with Crippen LogP contribution in [0.1, 0.15) is 39.2 Å². The molecular formula is C18H26FNO5S. The van der Waals surface area contributed by atoms with Crippen LogP contribution in [0.5, 0.6) is 0 Å². The number of piperidine rings is 1. The fourth-order valence-electron chi connectivity index (χ4n) is 3.58. The van der Waals surface area contributed by atoms with E-state index in [1.165, 1.54) is 17.0 Å². The number of nitrogens with zero attached hydrogens (tertiary/aromatic N) is 1. The second kappa shape index (κ2) is 7.15. The minimum absolute atomic E-state index is 0.0997. The van der Waals surface area contributed by atoms with E-state index >= 15 is 0 Å². The lowest BCUT2D eigenvalue weighted by atomic mass is 9.66. The van der Waals surface area contributed by atoms with Crippen molar-refractivity contribution < 1.29 is 26.9 Å². The van der Waals surface area contributed by atoms with Crippen LogP contribution >= 0.6 is 0 Å². The maximum Gasteiger partial charge on any atom is 0.407 e. The van der Waals surface area contributed by atoms with Crippen molar-refractivity contribution in [1.29, 1.82) is 0 Å². The molecule has 8 heteroatoms. The molecule has 2 atom stereocenters. The molecule has 0 bridgehead atoms. The van der Waals surface area contributed by atoms with E-state index in [1.54, 1.807) is 12.1 Å². The van der Waals surface area contributed by atoms with Crippen LogP contribution in [0.2, 0.25) is 0 Å². The van der Waals surface area contributed by atoms with Crippen molar-refractivity contribution in [2.75, 3.05) is 19.4 Å². The minimum Gasteiger partial charge on any atom is -0.465 e. The van der Waals surface area contributed by atoms with Gasteiger partial charge in [0.1, 0.15) is 5.82 Å². The van der Waals surface area contributed by atoms with Gasteiger partial charge >= 0.3 is 6.09 Å². The molecule has 0 spiro atoms. The summed E-state index contributed by atoms with van der Waals surface area (Å²) >= 11 is 0. The van der Waals surface area contributed by atoms with Gasteiger partial charge in [-0.2, -0.15) is 8.42 Å². The Morgan fingerprint density at radius 2 is 1.92 bits per heavy atom. The number of rotatable bonds is 4. The number of likely N-dealkylation sites (tertiary alicyclic amines) is 1. The summed E-state index contributed by atoms with van der Waals surface area (Å²) in [6.45, 7) is 6.00. The van der Waals surface area contributed by atoms with Crippen molar-refractivity contribution in [3.8, 4) is 0 Å². The smallest absolute Gasteiger partial charge is 0.407 e. The number of benzene rings is 1. The highest BCUT2D eigenvalue weighted by Crippen LogP contribution is 2.44. The van der Waals surface area contributed by atoms with Gasteiger partial charge in [-0.15, -0.1) is 0 Å². The Bertz CT molecular complexity index is 757. The van der Waals surface area contributed by atoms with Crippen molar-refractivity contribution in [2.24, 2.45) is 5.41 Å². The monoisotopic (exact) mass is 387 g/mol. The molecule has 1 amide bonds. The van der Waals surface area contributed by atoms with Crippen LogP contribution in [0, 0.1) is 11.2 Å². The van der Waals surface area contributed by atoms with Gasteiger partial charge < -0.3 is 10.0 Å². The minimum atomic E-state index is -3.66. The van der Waals surface area contributed by atoms with Crippen LogP contribution in [-0.4, -0.2) is 50.0 Å². The lowest BCUT2D eigenvalue weighted by molar-refractivity contribution is 0.0169. The molecule has 1 heterocycles. The molecule has 1 N–H and O–H groups in total. The molecule has 2 unspecified atom stereocenters. The highest BCUT2D eigenvalue weighted by atomic mass is 32.2. The summed E-state index contributed by atoms with van der Waals surface area (Å²) in [4.78, 5) is 13.1. The molecule has 26 heavy (non-hydrogen) atoms. The SMILES string of the molecule is CC(C)(C)C1CC(COS(C)(=O)=O)(c2ccc(F)cc2)CCN1C(=O)O. The van der Waals surface area contributed by atoms with Crippen molar-refractivity contribution in [3.05, 3.63) is 35.6 Å². The second-order valence-corrected chi connectivity index (χ2v) is 9.71. The number of carboxylic acid groups (broad SMARTS) is 1. The quantitative estimate of drug-likeness (QED) is 0.802. The van der Waals surface area contributed by atoms with Gasteiger partial charge in [-0.05, 0) is 36.0 Å². The number of halogens is 1. The van der Waals surface area contributed by atoms with E-state index in [2.05, 4.69) is 0 Å². The largest absolute Gasteiger partial charge is 0.465 e. The van der Waals surface area contributed by atoms with E-state index in [9.17, 15) is 22.7 Å². The molecule has 1 aliphatic rings. The Morgan fingerprint density at radius 1 is 1.35 bits per heavy atom. The van der Waals surface area contributed by atoms with Crippen LogP contribution in [0.15, 0.2) is 24.3 Å². The number of hydrogen-bond acceptors (Lipinski definition) is 4. The molecule has 1 fully saturated rings. The van der Waals surface area contributed by atoms with Crippen LogP contribution in [-0.2, 0) is 19.7 Å². The molecular weight excluding hydrogens is 361 g/mol. The van der Waals surface area contributed by atoms with E-state index in [0.717, 1.165) is 11.8 Å². The van der Waals surface area contributed by atoms with Gasteiger partial charge in [0.05, 0.1) is 12.9 Å². The fourth-order valence-corrected chi connectivity index (χ4v) is 4.01. The van der Waals surface area contributed by atoms with Gasteiger partial charge in [-0.25, -0.2) is 9.18 Å². The maximum atomic E-state index is 13.4. The highest BCUT2D eigenvalue weighted by Gasteiger charge is 2.47. The van der Waals surface area contributed by atoms with Gasteiger partial charge in [0, 0.05) is 18.0 Å². The van der Waals surface area contributed by atoms with Crippen molar-refractivity contribution >= 4 is 16.2 Å². The zero-order valence-corrected chi connectivity index (χ0v) is 16.3. The van der Waals surface area contributed by atoms with E-state index in [-0.39, 0.29) is 30.4 Å². The number of amides is 1. The Kier molecular flexibility index (Phi) is 5.68. The van der Waals surface area contributed by atoms with Crippen LogP contribution < -0.4 is 0 Å². The third-order valence-corrected chi connectivity index (χ3v) is 5.59. The summed E-state index contributed by atoms with van der Waals surface area (Å²) in [5.41, 5.74) is -0.308. The van der Waals surface area contributed by atoms with Crippen LogP contribution in [0.3, 0.4) is 0 Å². The van der Waals surface area contributed by atoms with Gasteiger partial charge in [0.2, 0.25) is 0 Å². The molecule has 1 aliphatic heterocycles. The normalized spacial score (nSPS) is 24.5. The first-order valence-electron chi connectivity index (χ1n) is 8.44. The summed E-state index contributed by atoms with van der Waals surface area (Å²) in [5, 5.41) is 9.56. The third-order valence-electron chi connectivity index (χ3n) is 5.04. The standard InChI is InChI=1S/C18H26FNO5S/c1-17(2,3)15-11-18(12-25-26(4,23)24,9-10-20(15)16(21)22)13-5-7-14(19)8-6-13/h5-8,15H,9-12H2,1-4H3,(H,21,22). The van der Waals surface area contributed by atoms with E-state index < -0.39 is 21.6 Å². The second-order valence-electron chi connectivity index (χ2n) is 8.07. The predicted octanol–water partition coefficient (Wildman–Crippen LogP) is 3.23. The summed E-state index contributed by atoms with van der Waals surface area (Å²) in [6, 6.07) is 5.57. The Morgan fingerprint density at radius 3 is 2.38 bits per heavy atom. The topological polar surface area (TPSA) is 83.9 Å². The average Bonchev–Trinajstić information content (AvgIpc) is 2.51. The molecule has 146 valence electrons. The van der Waals surface area contributed by atoms with E-state index in [4.69, 9.17) is 4.18 Å². The van der Waals surface area contributed by atoms with E-state index in [1.807, 2.05) is 20.8 Å². The summed E-state index contributed by atoms with van der Waals surface area (Å²) < 4.78 is 41.6. The lowest BCUT2D eigenvalue weighted by Crippen LogP contribution is -2.57. The third kappa shape index (κ3) is 4.73. The van der Waals surface area contributed by atoms with Crippen molar-refractivity contribution in [3.63, 3.8) is 0 Å².